The number of rotatable bonds is 5. The molecule has 3 rings (SSSR count). The Morgan fingerprint density at radius 3 is 2.94 bits per heavy atom. The zero-order valence-corrected chi connectivity index (χ0v) is 9.78. The van der Waals surface area contributed by atoms with Crippen molar-refractivity contribution in [2.24, 2.45) is 5.92 Å². The topological polar surface area (TPSA) is 35.5 Å². The quantitative estimate of drug-likeness (QED) is 0.578. The lowest BCUT2D eigenvalue weighted by atomic mass is 10.1. The van der Waals surface area contributed by atoms with Crippen LogP contribution < -0.4 is 4.74 Å². The summed E-state index contributed by atoms with van der Waals surface area (Å²) in [7, 11) is 0. The van der Waals surface area contributed by atoms with Crippen LogP contribution in [0, 0.1) is 5.92 Å². The summed E-state index contributed by atoms with van der Waals surface area (Å²) in [5.74, 6) is 1.81. The van der Waals surface area contributed by atoms with E-state index in [9.17, 15) is 4.79 Å². The van der Waals surface area contributed by atoms with E-state index in [4.69, 9.17) is 9.47 Å². The number of hydrogen-bond donors (Lipinski definition) is 0. The van der Waals surface area contributed by atoms with Crippen LogP contribution in [0.15, 0.2) is 18.2 Å². The molecule has 0 unspecified atom stereocenters. The number of benzene rings is 1. The van der Waals surface area contributed by atoms with Crippen LogP contribution in [-0.4, -0.2) is 19.2 Å². The third-order valence-electron chi connectivity index (χ3n) is 3.36. The van der Waals surface area contributed by atoms with E-state index in [-0.39, 0.29) is 5.78 Å². The van der Waals surface area contributed by atoms with Gasteiger partial charge in [0.15, 0.2) is 12.6 Å². The average molecular weight is 232 g/mol. The van der Waals surface area contributed by atoms with Crippen LogP contribution >= 0.6 is 0 Å². The van der Waals surface area contributed by atoms with Gasteiger partial charge in [0.25, 0.3) is 0 Å². The lowest BCUT2D eigenvalue weighted by Crippen LogP contribution is -2.05. The fraction of sp³-hybridized carbons (Fsp3) is 0.500. The van der Waals surface area contributed by atoms with Gasteiger partial charge in [-0.1, -0.05) is 0 Å². The van der Waals surface area contributed by atoms with Crippen molar-refractivity contribution in [2.75, 3.05) is 13.4 Å². The van der Waals surface area contributed by atoms with Gasteiger partial charge in [0.05, 0.1) is 6.61 Å². The highest BCUT2D eigenvalue weighted by Gasteiger charge is 2.21. The zero-order valence-electron chi connectivity index (χ0n) is 9.78. The van der Waals surface area contributed by atoms with Gasteiger partial charge in [-0.3, -0.25) is 4.79 Å². The lowest BCUT2D eigenvalue weighted by Gasteiger charge is -2.08. The highest BCUT2D eigenvalue weighted by Crippen LogP contribution is 2.29. The molecular weight excluding hydrogens is 216 g/mol. The Balaban J connectivity index is 1.54. The van der Waals surface area contributed by atoms with Crippen LogP contribution in [0.1, 0.15) is 35.2 Å². The summed E-state index contributed by atoms with van der Waals surface area (Å²) in [6, 6.07) is 5.67. The van der Waals surface area contributed by atoms with E-state index < -0.39 is 0 Å². The van der Waals surface area contributed by atoms with Crippen LogP contribution in [0.4, 0.5) is 0 Å². The Morgan fingerprint density at radius 1 is 1.24 bits per heavy atom. The van der Waals surface area contributed by atoms with E-state index in [0.717, 1.165) is 35.8 Å². The second-order valence-corrected chi connectivity index (χ2v) is 4.82. The van der Waals surface area contributed by atoms with E-state index in [2.05, 4.69) is 0 Å². The molecule has 3 nitrogen and oxygen atoms in total. The Hall–Kier alpha value is -1.35. The number of Topliss-reactive ketones (excluding diaryl/α,β-unsaturated/α-hetero) is 1. The van der Waals surface area contributed by atoms with E-state index in [0.29, 0.717) is 13.2 Å². The number of hydrogen-bond acceptors (Lipinski definition) is 3. The molecule has 0 saturated heterocycles. The van der Waals surface area contributed by atoms with Gasteiger partial charge < -0.3 is 9.47 Å². The molecule has 0 aromatic heterocycles. The largest absolute Gasteiger partial charge is 0.468 e. The molecule has 17 heavy (non-hydrogen) atoms. The second kappa shape index (κ2) is 4.49. The maximum absolute atomic E-state index is 11.5. The van der Waals surface area contributed by atoms with Crippen molar-refractivity contribution in [3.8, 4) is 5.75 Å². The van der Waals surface area contributed by atoms with Crippen molar-refractivity contribution in [1.29, 1.82) is 0 Å². The number of carbonyl (C=O) groups excluding carboxylic acids is 1. The van der Waals surface area contributed by atoms with Crippen LogP contribution in [0.2, 0.25) is 0 Å². The van der Waals surface area contributed by atoms with Gasteiger partial charge in [-0.05, 0) is 48.9 Å². The molecule has 0 amide bonds. The SMILES string of the molecule is O=C1CCc2cc(OCOCC3CC3)ccc21. The molecule has 0 bridgehead atoms. The molecule has 0 N–H and O–H groups in total. The smallest absolute Gasteiger partial charge is 0.189 e. The molecule has 0 heterocycles. The summed E-state index contributed by atoms with van der Waals surface area (Å²) in [6.07, 6.45) is 4.06. The minimum Gasteiger partial charge on any atom is -0.468 e. The van der Waals surface area contributed by atoms with Crippen molar-refractivity contribution in [2.45, 2.75) is 25.7 Å². The fourth-order valence-electron chi connectivity index (χ4n) is 2.13. The average Bonchev–Trinajstić information content (AvgIpc) is 3.10. The molecule has 0 spiro atoms. The summed E-state index contributed by atoms with van der Waals surface area (Å²) < 4.78 is 10.9. The zero-order chi connectivity index (χ0) is 11.7. The predicted octanol–water partition coefficient (Wildman–Crippen LogP) is 2.58. The highest BCUT2D eigenvalue weighted by molar-refractivity contribution is 6.00. The molecular formula is C14H16O3. The van der Waals surface area contributed by atoms with Crippen molar-refractivity contribution in [3.05, 3.63) is 29.3 Å². The second-order valence-electron chi connectivity index (χ2n) is 4.82. The summed E-state index contributed by atoms with van der Waals surface area (Å²) in [5, 5.41) is 0. The molecule has 0 radical (unpaired) electrons. The number of ketones is 1. The number of carbonyl (C=O) groups is 1. The Morgan fingerprint density at radius 2 is 2.12 bits per heavy atom. The summed E-state index contributed by atoms with van der Waals surface area (Å²) in [6.45, 7) is 1.12. The Bertz CT molecular complexity index is 435. The highest BCUT2D eigenvalue weighted by atomic mass is 16.7. The van der Waals surface area contributed by atoms with Gasteiger partial charge in [-0.2, -0.15) is 0 Å². The number of fused-ring (bicyclic) bond motifs is 1. The number of aryl methyl sites for hydroxylation is 1. The first-order chi connectivity index (χ1) is 8.33. The molecule has 0 atom stereocenters. The minimum atomic E-state index is 0.247. The van der Waals surface area contributed by atoms with Crippen molar-refractivity contribution < 1.29 is 14.3 Å². The third-order valence-corrected chi connectivity index (χ3v) is 3.36. The number of ether oxygens (including phenoxy) is 2. The van der Waals surface area contributed by atoms with E-state index >= 15 is 0 Å². The third kappa shape index (κ3) is 2.50. The van der Waals surface area contributed by atoms with E-state index in [1.807, 2.05) is 18.2 Å². The first-order valence-electron chi connectivity index (χ1n) is 6.19. The summed E-state index contributed by atoms with van der Waals surface area (Å²) in [5.41, 5.74) is 1.96. The van der Waals surface area contributed by atoms with E-state index in [1.165, 1.54) is 12.8 Å². The monoisotopic (exact) mass is 232 g/mol. The first-order valence-corrected chi connectivity index (χ1v) is 6.19. The summed E-state index contributed by atoms with van der Waals surface area (Å²) in [4.78, 5) is 11.5. The first kappa shape index (κ1) is 10.8. The molecule has 1 aromatic rings. The van der Waals surface area contributed by atoms with Gasteiger partial charge in [-0.15, -0.1) is 0 Å². The van der Waals surface area contributed by atoms with Gasteiger partial charge in [0, 0.05) is 12.0 Å². The standard InChI is InChI=1S/C14H16O3/c15-14-6-3-11-7-12(4-5-13(11)14)17-9-16-8-10-1-2-10/h4-5,7,10H,1-3,6,8-9H2. The maximum atomic E-state index is 11.5. The van der Waals surface area contributed by atoms with E-state index in [1.54, 1.807) is 0 Å². The molecule has 1 saturated carbocycles. The molecule has 2 aliphatic rings. The molecule has 0 aliphatic heterocycles. The molecule has 1 fully saturated rings. The van der Waals surface area contributed by atoms with Crippen LogP contribution in [0.3, 0.4) is 0 Å². The van der Waals surface area contributed by atoms with Gasteiger partial charge >= 0.3 is 0 Å². The van der Waals surface area contributed by atoms with Crippen molar-refractivity contribution in [1.82, 2.24) is 0 Å². The molecule has 3 heteroatoms. The maximum Gasteiger partial charge on any atom is 0.189 e. The van der Waals surface area contributed by atoms with Gasteiger partial charge in [0.2, 0.25) is 0 Å². The predicted molar refractivity (Wildman–Crippen MR) is 63.3 cm³/mol. The van der Waals surface area contributed by atoms with Crippen LogP contribution in [-0.2, 0) is 11.2 Å². The van der Waals surface area contributed by atoms with Crippen LogP contribution in [0.25, 0.3) is 0 Å². The molecule has 90 valence electrons. The van der Waals surface area contributed by atoms with Crippen molar-refractivity contribution >= 4 is 5.78 Å². The molecule has 1 aromatic carbocycles. The Kier molecular flexibility index (Phi) is 2.85. The lowest BCUT2D eigenvalue weighted by molar-refractivity contribution is 0.00995. The van der Waals surface area contributed by atoms with Crippen molar-refractivity contribution in [3.63, 3.8) is 0 Å². The normalized spacial score (nSPS) is 18.2. The van der Waals surface area contributed by atoms with Gasteiger partial charge in [0.1, 0.15) is 5.75 Å². The minimum absolute atomic E-state index is 0.247. The fourth-order valence-corrected chi connectivity index (χ4v) is 2.13. The Labute approximate surface area is 101 Å². The summed E-state index contributed by atoms with van der Waals surface area (Å²) >= 11 is 0. The van der Waals surface area contributed by atoms with Crippen LogP contribution in [0.5, 0.6) is 5.75 Å². The van der Waals surface area contributed by atoms with Gasteiger partial charge in [-0.25, -0.2) is 0 Å². The molecule has 2 aliphatic carbocycles.